The van der Waals surface area contributed by atoms with Crippen molar-refractivity contribution in [2.75, 3.05) is 19.7 Å². The van der Waals surface area contributed by atoms with E-state index in [4.69, 9.17) is 9.15 Å². The SMILES string of the molecule is c1cnc(OCC2CCN(Cc3nnco3)CC2)cn1. The van der Waals surface area contributed by atoms with E-state index in [0.717, 1.165) is 32.5 Å². The fraction of sp³-hybridized carbons (Fsp3) is 0.538. The molecule has 0 aromatic carbocycles. The number of aromatic nitrogens is 4. The summed E-state index contributed by atoms with van der Waals surface area (Å²) >= 11 is 0. The van der Waals surface area contributed by atoms with E-state index in [-0.39, 0.29) is 0 Å². The zero-order valence-electron chi connectivity index (χ0n) is 11.2. The van der Waals surface area contributed by atoms with E-state index in [1.54, 1.807) is 18.6 Å². The molecule has 20 heavy (non-hydrogen) atoms. The number of hydrogen-bond donors (Lipinski definition) is 0. The lowest BCUT2D eigenvalue weighted by molar-refractivity contribution is 0.127. The van der Waals surface area contributed by atoms with Crippen LogP contribution >= 0.6 is 0 Å². The summed E-state index contributed by atoms with van der Waals surface area (Å²) in [5.41, 5.74) is 0. The van der Waals surface area contributed by atoms with Crippen LogP contribution in [0.4, 0.5) is 0 Å². The van der Waals surface area contributed by atoms with Crippen molar-refractivity contribution < 1.29 is 9.15 Å². The van der Waals surface area contributed by atoms with Gasteiger partial charge in [-0.2, -0.15) is 0 Å². The van der Waals surface area contributed by atoms with Crippen LogP contribution in [0.1, 0.15) is 18.7 Å². The Morgan fingerprint density at radius 2 is 2.20 bits per heavy atom. The van der Waals surface area contributed by atoms with E-state index in [9.17, 15) is 0 Å². The van der Waals surface area contributed by atoms with Gasteiger partial charge in [0, 0.05) is 12.4 Å². The minimum absolute atomic E-state index is 0.566. The van der Waals surface area contributed by atoms with Gasteiger partial charge in [-0.05, 0) is 31.8 Å². The Morgan fingerprint density at radius 1 is 1.30 bits per heavy atom. The Labute approximate surface area is 117 Å². The first kappa shape index (κ1) is 13.0. The van der Waals surface area contributed by atoms with Crippen LogP contribution in [0, 0.1) is 5.92 Å². The standard InChI is InChI=1S/C13H17N5O2/c1-5-18(8-13-17-16-10-20-13)6-2-11(1)9-19-12-7-14-3-4-15-12/h3-4,7,10-11H,1-2,5-6,8-9H2. The normalized spacial score (nSPS) is 17.2. The average molecular weight is 275 g/mol. The molecule has 0 radical (unpaired) electrons. The zero-order chi connectivity index (χ0) is 13.6. The summed E-state index contributed by atoms with van der Waals surface area (Å²) in [5.74, 6) is 1.84. The number of hydrogen-bond acceptors (Lipinski definition) is 7. The number of piperidine rings is 1. The summed E-state index contributed by atoms with van der Waals surface area (Å²) < 4.78 is 10.8. The molecular formula is C13H17N5O2. The molecular weight excluding hydrogens is 258 g/mol. The monoisotopic (exact) mass is 275 g/mol. The smallest absolute Gasteiger partial charge is 0.232 e. The minimum atomic E-state index is 0.566. The molecule has 3 rings (SSSR count). The highest BCUT2D eigenvalue weighted by molar-refractivity contribution is 5.01. The van der Waals surface area contributed by atoms with Crippen molar-refractivity contribution in [2.45, 2.75) is 19.4 Å². The van der Waals surface area contributed by atoms with Crippen molar-refractivity contribution >= 4 is 0 Å². The van der Waals surface area contributed by atoms with Gasteiger partial charge in [0.05, 0.1) is 19.3 Å². The molecule has 1 aliphatic rings. The number of rotatable bonds is 5. The van der Waals surface area contributed by atoms with Crippen molar-refractivity contribution in [2.24, 2.45) is 5.92 Å². The summed E-state index contributed by atoms with van der Waals surface area (Å²) in [7, 11) is 0. The van der Waals surface area contributed by atoms with Crippen LogP contribution in [-0.2, 0) is 6.54 Å². The van der Waals surface area contributed by atoms with E-state index >= 15 is 0 Å². The Bertz CT molecular complexity index is 497. The van der Waals surface area contributed by atoms with Gasteiger partial charge in [0.2, 0.25) is 18.2 Å². The molecule has 7 nitrogen and oxygen atoms in total. The summed E-state index contributed by atoms with van der Waals surface area (Å²) in [6.45, 7) is 3.48. The van der Waals surface area contributed by atoms with Crippen LogP contribution in [0.5, 0.6) is 5.88 Å². The number of nitrogens with zero attached hydrogens (tertiary/aromatic N) is 5. The molecule has 1 fully saturated rings. The first-order valence-electron chi connectivity index (χ1n) is 6.76. The van der Waals surface area contributed by atoms with Crippen LogP contribution in [-0.4, -0.2) is 44.8 Å². The summed E-state index contributed by atoms with van der Waals surface area (Å²) in [6.07, 6.45) is 8.51. The van der Waals surface area contributed by atoms with Gasteiger partial charge >= 0.3 is 0 Å². The first-order valence-corrected chi connectivity index (χ1v) is 6.76. The molecule has 0 bridgehead atoms. The average Bonchev–Trinajstić information content (AvgIpc) is 3.01. The first-order chi connectivity index (χ1) is 9.90. The number of likely N-dealkylation sites (tertiary alicyclic amines) is 1. The summed E-state index contributed by atoms with van der Waals surface area (Å²) in [4.78, 5) is 10.4. The maximum Gasteiger partial charge on any atom is 0.232 e. The molecule has 2 aromatic heterocycles. The molecule has 2 aromatic rings. The zero-order valence-corrected chi connectivity index (χ0v) is 11.2. The van der Waals surface area contributed by atoms with E-state index in [1.165, 1.54) is 6.39 Å². The minimum Gasteiger partial charge on any atom is -0.476 e. The van der Waals surface area contributed by atoms with Gasteiger partial charge in [0.25, 0.3) is 0 Å². The van der Waals surface area contributed by atoms with Crippen molar-refractivity contribution in [3.63, 3.8) is 0 Å². The number of ether oxygens (including phenoxy) is 1. The van der Waals surface area contributed by atoms with Gasteiger partial charge in [-0.3, -0.25) is 9.88 Å². The predicted octanol–water partition coefficient (Wildman–Crippen LogP) is 1.15. The molecule has 0 atom stereocenters. The molecule has 0 spiro atoms. The van der Waals surface area contributed by atoms with E-state index < -0.39 is 0 Å². The van der Waals surface area contributed by atoms with Gasteiger partial charge in [-0.25, -0.2) is 4.98 Å². The lowest BCUT2D eigenvalue weighted by Gasteiger charge is -2.30. The maximum atomic E-state index is 5.65. The molecule has 0 N–H and O–H groups in total. The van der Waals surface area contributed by atoms with Crippen LogP contribution < -0.4 is 4.74 Å². The Balaban J connectivity index is 1.40. The molecule has 7 heteroatoms. The Hall–Kier alpha value is -2.02. The van der Waals surface area contributed by atoms with E-state index in [1.807, 2.05) is 0 Å². The van der Waals surface area contributed by atoms with Gasteiger partial charge in [-0.1, -0.05) is 0 Å². The van der Waals surface area contributed by atoms with Crippen molar-refractivity contribution in [3.05, 3.63) is 30.9 Å². The lowest BCUT2D eigenvalue weighted by atomic mass is 9.98. The maximum absolute atomic E-state index is 5.65. The van der Waals surface area contributed by atoms with Crippen LogP contribution in [0.3, 0.4) is 0 Å². The molecule has 106 valence electrons. The Kier molecular flexibility index (Phi) is 4.17. The summed E-state index contributed by atoms with van der Waals surface area (Å²) in [6, 6.07) is 0. The van der Waals surface area contributed by atoms with Gasteiger partial charge in [-0.15, -0.1) is 10.2 Å². The van der Waals surface area contributed by atoms with Crippen molar-refractivity contribution in [1.82, 2.24) is 25.1 Å². The quantitative estimate of drug-likeness (QED) is 0.810. The second kappa shape index (κ2) is 6.42. The predicted molar refractivity (Wildman–Crippen MR) is 69.8 cm³/mol. The highest BCUT2D eigenvalue weighted by atomic mass is 16.5. The van der Waals surface area contributed by atoms with Crippen LogP contribution in [0.2, 0.25) is 0 Å². The molecule has 0 saturated carbocycles. The van der Waals surface area contributed by atoms with Gasteiger partial charge in [0.1, 0.15) is 0 Å². The van der Waals surface area contributed by atoms with Crippen LogP contribution in [0.25, 0.3) is 0 Å². The third kappa shape index (κ3) is 3.51. The van der Waals surface area contributed by atoms with Gasteiger partial charge < -0.3 is 9.15 Å². The van der Waals surface area contributed by atoms with Gasteiger partial charge in [0.15, 0.2) is 0 Å². The second-order valence-electron chi connectivity index (χ2n) is 4.91. The largest absolute Gasteiger partial charge is 0.476 e. The lowest BCUT2D eigenvalue weighted by Crippen LogP contribution is -2.35. The molecule has 1 aliphatic heterocycles. The van der Waals surface area contributed by atoms with E-state index in [0.29, 0.717) is 24.3 Å². The molecule has 0 unspecified atom stereocenters. The van der Waals surface area contributed by atoms with E-state index in [2.05, 4.69) is 25.1 Å². The fourth-order valence-corrected chi connectivity index (χ4v) is 2.33. The molecule has 0 amide bonds. The third-order valence-electron chi connectivity index (χ3n) is 3.48. The molecule has 1 saturated heterocycles. The topological polar surface area (TPSA) is 77.2 Å². The third-order valence-corrected chi connectivity index (χ3v) is 3.48. The van der Waals surface area contributed by atoms with Crippen LogP contribution in [0.15, 0.2) is 29.4 Å². The van der Waals surface area contributed by atoms with Crippen molar-refractivity contribution in [3.8, 4) is 5.88 Å². The fourth-order valence-electron chi connectivity index (χ4n) is 2.33. The summed E-state index contributed by atoms with van der Waals surface area (Å²) in [5, 5.41) is 7.60. The Morgan fingerprint density at radius 3 is 2.90 bits per heavy atom. The molecule has 0 aliphatic carbocycles. The highest BCUT2D eigenvalue weighted by Gasteiger charge is 2.21. The molecule has 3 heterocycles. The van der Waals surface area contributed by atoms with Crippen molar-refractivity contribution in [1.29, 1.82) is 0 Å². The highest BCUT2D eigenvalue weighted by Crippen LogP contribution is 2.19. The second-order valence-corrected chi connectivity index (χ2v) is 4.91.